The van der Waals surface area contributed by atoms with Crippen LogP contribution in [0.25, 0.3) is 5.69 Å². The molecule has 0 spiro atoms. The molecule has 3 aromatic carbocycles. The van der Waals surface area contributed by atoms with Crippen LogP contribution < -0.4 is 10.1 Å². The normalized spacial score (nSPS) is 10.8. The summed E-state index contributed by atoms with van der Waals surface area (Å²) >= 11 is 1.55. The molecule has 180 valence electrons. The molecule has 1 amide bonds. The minimum absolute atomic E-state index is 0.00974. The van der Waals surface area contributed by atoms with E-state index in [1.165, 1.54) is 5.56 Å². The third-order valence-corrected chi connectivity index (χ3v) is 6.59. The van der Waals surface area contributed by atoms with Crippen molar-refractivity contribution in [1.29, 1.82) is 0 Å². The molecular weight excluding hydrogens is 456 g/mol. The number of nitrogens with zero attached hydrogens (tertiary/aromatic N) is 3. The Bertz CT molecular complexity index is 1240. The molecule has 0 saturated carbocycles. The molecule has 1 aromatic heterocycles. The Labute approximate surface area is 210 Å². The van der Waals surface area contributed by atoms with E-state index in [1.807, 2.05) is 54.6 Å². The highest BCUT2D eigenvalue weighted by atomic mass is 32.2. The zero-order valence-corrected chi connectivity index (χ0v) is 20.9. The Kier molecular flexibility index (Phi) is 8.57. The number of thioether (sulfide) groups is 1. The zero-order valence-electron chi connectivity index (χ0n) is 20.1. The molecule has 0 fully saturated rings. The minimum atomic E-state index is -0.00974. The van der Waals surface area contributed by atoms with E-state index in [0.717, 1.165) is 52.9 Å². The van der Waals surface area contributed by atoms with E-state index >= 15 is 0 Å². The summed E-state index contributed by atoms with van der Waals surface area (Å²) in [5, 5.41) is 12.7. The topological polar surface area (TPSA) is 69.0 Å². The first-order chi connectivity index (χ1) is 17.1. The lowest BCUT2D eigenvalue weighted by molar-refractivity contribution is -0.115. The van der Waals surface area contributed by atoms with Crippen molar-refractivity contribution in [3.63, 3.8) is 0 Å². The van der Waals surface area contributed by atoms with Crippen molar-refractivity contribution >= 4 is 23.4 Å². The number of aromatic nitrogens is 3. The Morgan fingerprint density at radius 3 is 2.43 bits per heavy atom. The van der Waals surface area contributed by atoms with E-state index in [9.17, 15) is 4.79 Å². The van der Waals surface area contributed by atoms with Crippen molar-refractivity contribution in [3.8, 4) is 11.4 Å². The molecule has 4 rings (SSSR count). The van der Waals surface area contributed by atoms with Gasteiger partial charge >= 0.3 is 0 Å². The highest BCUT2D eigenvalue weighted by Gasteiger charge is 2.15. The summed E-state index contributed by atoms with van der Waals surface area (Å²) in [5.41, 5.74) is 4.27. The maximum absolute atomic E-state index is 12.3. The van der Waals surface area contributed by atoms with E-state index in [2.05, 4.69) is 51.3 Å². The van der Waals surface area contributed by atoms with Crippen LogP contribution in [-0.2, 0) is 17.6 Å². The van der Waals surface area contributed by atoms with Gasteiger partial charge in [0.2, 0.25) is 5.91 Å². The van der Waals surface area contributed by atoms with Gasteiger partial charge in [0.1, 0.15) is 11.6 Å². The van der Waals surface area contributed by atoms with E-state index in [4.69, 9.17) is 4.74 Å². The van der Waals surface area contributed by atoms with Crippen LogP contribution in [0, 0.1) is 6.92 Å². The maximum Gasteiger partial charge on any atom is 0.225 e. The minimum Gasteiger partial charge on any atom is -0.496 e. The van der Waals surface area contributed by atoms with Gasteiger partial charge in [-0.3, -0.25) is 9.36 Å². The quantitative estimate of drug-likeness (QED) is 0.268. The molecule has 0 aliphatic rings. The van der Waals surface area contributed by atoms with Crippen molar-refractivity contribution in [3.05, 3.63) is 95.8 Å². The van der Waals surface area contributed by atoms with Crippen molar-refractivity contribution < 1.29 is 9.53 Å². The monoisotopic (exact) mass is 486 g/mol. The Hall–Kier alpha value is -3.58. The molecule has 1 N–H and O–H groups in total. The lowest BCUT2D eigenvalue weighted by atomic mass is 10.0. The van der Waals surface area contributed by atoms with Crippen LogP contribution >= 0.6 is 11.8 Å². The molecule has 0 unspecified atom stereocenters. The van der Waals surface area contributed by atoms with Crippen LogP contribution in [0.15, 0.2) is 84.0 Å². The second kappa shape index (κ2) is 12.2. The van der Waals surface area contributed by atoms with Crippen LogP contribution in [0.3, 0.4) is 0 Å². The van der Waals surface area contributed by atoms with E-state index in [0.29, 0.717) is 12.2 Å². The Morgan fingerprint density at radius 2 is 1.71 bits per heavy atom. The van der Waals surface area contributed by atoms with E-state index in [-0.39, 0.29) is 5.91 Å². The third-order valence-electron chi connectivity index (χ3n) is 5.66. The molecule has 1 heterocycles. The number of methoxy groups -OCH3 is 1. The number of ether oxygens (including phenoxy) is 1. The summed E-state index contributed by atoms with van der Waals surface area (Å²) in [6.45, 7) is 2.07. The average Bonchev–Trinajstić information content (AvgIpc) is 3.28. The number of amides is 1. The molecule has 0 aliphatic heterocycles. The summed E-state index contributed by atoms with van der Waals surface area (Å²) in [6, 6.07) is 26.0. The van der Waals surface area contributed by atoms with Gasteiger partial charge in [-0.25, -0.2) is 0 Å². The van der Waals surface area contributed by atoms with Crippen molar-refractivity contribution in [2.24, 2.45) is 0 Å². The van der Waals surface area contributed by atoms with Gasteiger partial charge < -0.3 is 10.1 Å². The molecule has 0 saturated heterocycles. The van der Waals surface area contributed by atoms with Crippen LogP contribution in [0.2, 0.25) is 0 Å². The molecule has 4 aromatic rings. The SMILES string of the molecule is COc1ccc(CCCc2nnc(SCCC(=O)Nc3ccccc3)n2-c2ccccc2)cc1C. The van der Waals surface area contributed by atoms with E-state index in [1.54, 1.807) is 18.9 Å². The first-order valence-electron chi connectivity index (χ1n) is 11.7. The molecule has 0 aliphatic carbocycles. The number of benzene rings is 3. The van der Waals surface area contributed by atoms with Crippen molar-refractivity contribution in [2.45, 2.75) is 37.8 Å². The summed E-state index contributed by atoms with van der Waals surface area (Å²) < 4.78 is 7.48. The number of anilines is 1. The Balaban J connectivity index is 1.39. The zero-order chi connectivity index (χ0) is 24.5. The number of nitrogens with one attached hydrogen (secondary N) is 1. The summed E-state index contributed by atoms with van der Waals surface area (Å²) in [7, 11) is 1.70. The van der Waals surface area contributed by atoms with Gasteiger partial charge in [-0.2, -0.15) is 0 Å². The lowest BCUT2D eigenvalue weighted by Gasteiger charge is -2.11. The standard InChI is InChI=1S/C28H30N4O2S/c1-21-20-22(16-17-25(21)34-2)10-9-15-26-30-31-28(32(26)24-13-7-4-8-14-24)35-19-18-27(33)29-23-11-5-3-6-12-23/h3-8,11-14,16-17,20H,9-10,15,18-19H2,1-2H3,(H,29,33). The van der Waals surface area contributed by atoms with Gasteiger partial charge in [0, 0.05) is 30.0 Å². The number of rotatable bonds is 11. The van der Waals surface area contributed by atoms with Gasteiger partial charge in [-0.15, -0.1) is 10.2 Å². The maximum atomic E-state index is 12.3. The number of carbonyl (C=O) groups excluding carboxylic acids is 1. The first-order valence-corrected chi connectivity index (χ1v) is 12.7. The average molecular weight is 487 g/mol. The number of aryl methyl sites for hydroxylation is 3. The van der Waals surface area contributed by atoms with E-state index < -0.39 is 0 Å². The highest BCUT2D eigenvalue weighted by Crippen LogP contribution is 2.24. The van der Waals surface area contributed by atoms with Gasteiger partial charge in [-0.1, -0.05) is 60.3 Å². The summed E-state index contributed by atoms with van der Waals surface area (Å²) in [6.07, 6.45) is 3.12. The lowest BCUT2D eigenvalue weighted by Crippen LogP contribution is -2.12. The number of hydrogen-bond donors (Lipinski definition) is 1. The van der Waals surface area contributed by atoms with Gasteiger partial charge in [-0.05, 0) is 61.2 Å². The fourth-order valence-electron chi connectivity index (χ4n) is 3.92. The van der Waals surface area contributed by atoms with Crippen LogP contribution in [0.5, 0.6) is 5.75 Å². The molecule has 0 atom stereocenters. The molecule has 35 heavy (non-hydrogen) atoms. The summed E-state index contributed by atoms with van der Waals surface area (Å²) in [4.78, 5) is 12.3. The second-order valence-corrected chi connectivity index (χ2v) is 9.30. The first kappa shape index (κ1) is 24.5. The second-order valence-electron chi connectivity index (χ2n) is 8.24. The predicted octanol–water partition coefficient (Wildman–Crippen LogP) is 5.88. The molecule has 6 nitrogen and oxygen atoms in total. The van der Waals surface area contributed by atoms with Crippen LogP contribution in [0.4, 0.5) is 5.69 Å². The number of para-hydroxylation sites is 2. The predicted molar refractivity (Wildman–Crippen MR) is 142 cm³/mol. The molecular formula is C28H30N4O2S. The molecule has 7 heteroatoms. The van der Waals surface area contributed by atoms with Gasteiger partial charge in [0.05, 0.1) is 7.11 Å². The largest absolute Gasteiger partial charge is 0.496 e. The Morgan fingerprint density at radius 1 is 0.971 bits per heavy atom. The third kappa shape index (κ3) is 6.73. The van der Waals surface area contributed by atoms with Crippen molar-refractivity contribution in [1.82, 2.24) is 14.8 Å². The van der Waals surface area contributed by atoms with Crippen LogP contribution in [0.1, 0.15) is 29.8 Å². The van der Waals surface area contributed by atoms with Crippen molar-refractivity contribution in [2.75, 3.05) is 18.2 Å². The van der Waals surface area contributed by atoms with Crippen LogP contribution in [-0.4, -0.2) is 33.5 Å². The number of carbonyl (C=O) groups is 1. The fourth-order valence-corrected chi connectivity index (χ4v) is 4.83. The van der Waals surface area contributed by atoms with Gasteiger partial charge in [0.15, 0.2) is 5.16 Å². The highest BCUT2D eigenvalue weighted by molar-refractivity contribution is 7.99. The van der Waals surface area contributed by atoms with Gasteiger partial charge in [0.25, 0.3) is 0 Å². The smallest absolute Gasteiger partial charge is 0.225 e. The molecule has 0 bridgehead atoms. The number of hydrogen-bond acceptors (Lipinski definition) is 5. The fraction of sp³-hybridized carbons (Fsp3) is 0.250. The summed E-state index contributed by atoms with van der Waals surface area (Å²) in [5.74, 6) is 2.45. The molecule has 0 radical (unpaired) electrons.